The third-order valence-electron chi connectivity index (χ3n) is 1.01. The van der Waals surface area contributed by atoms with Gasteiger partial charge in [-0.2, -0.15) is 0 Å². The van der Waals surface area contributed by atoms with Gasteiger partial charge in [0.05, 0.1) is 0 Å². The number of aliphatic imine (C=N–C) groups is 1. The minimum absolute atomic E-state index is 1.03. The highest BCUT2D eigenvalue weighted by molar-refractivity contribution is 8.13. The molecule has 0 radical (unpaired) electrons. The lowest BCUT2D eigenvalue weighted by molar-refractivity contribution is 0.846. The molecule has 0 aromatic rings. The molecule has 0 spiro atoms. The molecule has 60 valence electrons. The Hall–Kier alpha value is -0.180. The van der Waals surface area contributed by atoms with E-state index in [1.165, 1.54) is 0 Å². The second kappa shape index (κ2) is 6.93. The average Bonchev–Trinajstić information content (AvgIpc) is 1.98. The average molecular weight is 160 g/mol. The number of thioether (sulfide) groups is 1. The summed E-state index contributed by atoms with van der Waals surface area (Å²) in [5.41, 5.74) is 0. The molecular weight excluding hydrogens is 144 g/mol. The van der Waals surface area contributed by atoms with Crippen molar-refractivity contribution in [3.63, 3.8) is 0 Å². The molecule has 0 aromatic heterocycles. The van der Waals surface area contributed by atoms with Gasteiger partial charge in [0.1, 0.15) is 0 Å². The standard InChI is InChI=1S/C7H16N2S/c1-4-6-9-7(8-3)10-5-2/h4-6H2,1-3H3,(H,8,9). The fourth-order valence-corrected chi connectivity index (χ4v) is 1.17. The summed E-state index contributed by atoms with van der Waals surface area (Å²) in [6.07, 6.45) is 1.16. The van der Waals surface area contributed by atoms with E-state index in [0.29, 0.717) is 0 Å². The van der Waals surface area contributed by atoms with Crippen molar-refractivity contribution in [3.05, 3.63) is 0 Å². The second-order valence-corrected chi connectivity index (χ2v) is 3.14. The Kier molecular flexibility index (Phi) is 6.81. The van der Waals surface area contributed by atoms with Gasteiger partial charge in [-0.25, -0.2) is 0 Å². The van der Waals surface area contributed by atoms with Crippen molar-refractivity contribution in [1.82, 2.24) is 5.32 Å². The third-order valence-corrected chi connectivity index (χ3v) is 1.90. The molecule has 0 atom stereocenters. The molecule has 0 aromatic carbocycles. The molecule has 0 aliphatic carbocycles. The summed E-state index contributed by atoms with van der Waals surface area (Å²) in [4.78, 5) is 4.08. The first-order valence-corrected chi connectivity index (χ1v) is 4.67. The van der Waals surface area contributed by atoms with Gasteiger partial charge in [0, 0.05) is 13.6 Å². The van der Waals surface area contributed by atoms with Gasteiger partial charge in [-0.05, 0) is 12.2 Å². The lowest BCUT2D eigenvalue weighted by Gasteiger charge is -2.04. The fraction of sp³-hybridized carbons (Fsp3) is 0.857. The van der Waals surface area contributed by atoms with Gasteiger partial charge in [-0.1, -0.05) is 25.6 Å². The predicted octanol–water partition coefficient (Wildman–Crippen LogP) is 1.72. The minimum atomic E-state index is 1.03. The van der Waals surface area contributed by atoms with E-state index < -0.39 is 0 Å². The van der Waals surface area contributed by atoms with E-state index in [2.05, 4.69) is 24.2 Å². The van der Waals surface area contributed by atoms with Crippen LogP contribution in [-0.4, -0.2) is 24.5 Å². The minimum Gasteiger partial charge on any atom is -0.365 e. The zero-order valence-electron chi connectivity index (χ0n) is 6.98. The van der Waals surface area contributed by atoms with Crippen molar-refractivity contribution in [1.29, 1.82) is 0 Å². The number of nitrogens with zero attached hydrogens (tertiary/aromatic N) is 1. The number of hydrogen-bond acceptors (Lipinski definition) is 2. The van der Waals surface area contributed by atoms with Crippen LogP contribution in [0.3, 0.4) is 0 Å². The first-order valence-electron chi connectivity index (χ1n) is 3.68. The van der Waals surface area contributed by atoms with Crippen LogP contribution in [-0.2, 0) is 0 Å². The molecule has 10 heavy (non-hydrogen) atoms. The Morgan fingerprint density at radius 2 is 2.20 bits per heavy atom. The SMILES string of the molecule is CCCNC(=NC)SCC. The highest BCUT2D eigenvalue weighted by Gasteiger charge is 1.92. The molecule has 0 aliphatic rings. The number of hydrogen-bond donors (Lipinski definition) is 1. The third kappa shape index (κ3) is 4.68. The topological polar surface area (TPSA) is 24.4 Å². The lowest BCUT2D eigenvalue weighted by atomic mass is 10.5. The Bertz CT molecular complexity index is 102. The second-order valence-electron chi connectivity index (χ2n) is 1.89. The van der Waals surface area contributed by atoms with Gasteiger partial charge in [-0.3, -0.25) is 4.99 Å². The summed E-state index contributed by atoms with van der Waals surface area (Å²) in [5.74, 6) is 1.09. The van der Waals surface area contributed by atoms with E-state index >= 15 is 0 Å². The quantitative estimate of drug-likeness (QED) is 0.502. The van der Waals surface area contributed by atoms with Crippen molar-refractivity contribution >= 4 is 16.9 Å². The molecule has 0 heterocycles. The maximum Gasteiger partial charge on any atom is 0.156 e. The Labute approximate surface area is 67.5 Å². The van der Waals surface area contributed by atoms with Crippen LogP contribution in [0.5, 0.6) is 0 Å². The van der Waals surface area contributed by atoms with Crippen molar-refractivity contribution in [2.24, 2.45) is 4.99 Å². The number of amidine groups is 1. The van der Waals surface area contributed by atoms with E-state index in [0.717, 1.165) is 23.9 Å². The zero-order valence-corrected chi connectivity index (χ0v) is 7.79. The largest absolute Gasteiger partial charge is 0.365 e. The van der Waals surface area contributed by atoms with Crippen LogP contribution in [0.15, 0.2) is 4.99 Å². The van der Waals surface area contributed by atoms with Crippen molar-refractivity contribution in [3.8, 4) is 0 Å². The van der Waals surface area contributed by atoms with E-state index in [1.807, 2.05) is 7.05 Å². The summed E-state index contributed by atoms with van der Waals surface area (Å²) >= 11 is 1.76. The van der Waals surface area contributed by atoms with Crippen molar-refractivity contribution in [2.45, 2.75) is 20.3 Å². The van der Waals surface area contributed by atoms with Crippen LogP contribution in [0, 0.1) is 0 Å². The number of rotatable bonds is 3. The molecule has 2 nitrogen and oxygen atoms in total. The lowest BCUT2D eigenvalue weighted by Crippen LogP contribution is -2.21. The highest BCUT2D eigenvalue weighted by Crippen LogP contribution is 1.99. The van der Waals surface area contributed by atoms with Crippen LogP contribution in [0.25, 0.3) is 0 Å². The predicted molar refractivity (Wildman–Crippen MR) is 49.8 cm³/mol. The number of nitrogens with one attached hydrogen (secondary N) is 1. The first kappa shape index (κ1) is 9.82. The molecule has 0 fully saturated rings. The Morgan fingerprint density at radius 1 is 1.50 bits per heavy atom. The molecule has 0 unspecified atom stereocenters. The summed E-state index contributed by atoms with van der Waals surface area (Å²) in [5, 5.41) is 4.29. The van der Waals surface area contributed by atoms with Crippen LogP contribution in [0.4, 0.5) is 0 Å². The summed E-state index contributed by atoms with van der Waals surface area (Å²) in [6.45, 7) is 5.31. The normalized spacial score (nSPS) is 11.7. The van der Waals surface area contributed by atoms with Crippen molar-refractivity contribution < 1.29 is 0 Å². The van der Waals surface area contributed by atoms with Crippen LogP contribution in [0.1, 0.15) is 20.3 Å². The summed E-state index contributed by atoms with van der Waals surface area (Å²) < 4.78 is 0. The van der Waals surface area contributed by atoms with Crippen LogP contribution < -0.4 is 5.32 Å². The highest BCUT2D eigenvalue weighted by atomic mass is 32.2. The molecule has 0 bridgehead atoms. The van der Waals surface area contributed by atoms with Crippen LogP contribution in [0.2, 0.25) is 0 Å². The molecule has 0 saturated heterocycles. The maximum atomic E-state index is 4.08. The summed E-state index contributed by atoms with van der Waals surface area (Å²) in [7, 11) is 1.82. The molecule has 0 aliphatic heterocycles. The Morgan fingerprint density at radius 3 is 2.60 bits per heavy atom. The molecule has 3 heteroatoms. The van der Waals surface area contributed by atoms with E-state index in [9.17, 15) is 0 Å². The van der Waals surface area contributed by atoms with Crippen molar-refractivity contribution in [2.75, 3.05) is 19.3 Å². The zero-order chi connectivity index (χ0) is 7.82. The van der Waals surface area contributed by atoms with Gasteiger partial charge in [0.25, 0.3) is 0 Å². The fourth-order valence-electron chi connectivity index (χ4n) is 0.563. The van der Waals surface area contributed by atoms with E-state index in [-0.39, 0.29) is 0 Å². The molecular formula is C7H16N2S. The molecule has 1 N–H and O–H groups in total. The van der Waals surface area contributed by atoms with Gasteiger partial charge in [-0.15, -0.1) is 0 Å². The Balaban J connectivity index is 3.41. The van der Waals surface area contributed by atoms with E-state index in [4.69, 9.17) is 0 Å². The van der Waals surface area contributed by atoms with Gasteiger partial charge < -0.3 is 5.32 Å². The maximum absolute atomic E-state index is 4.08. The van der Waals surface area contributed by atoms with E-state index in [1.54, 1.807) is 11.8 Å². The molecule has 0 amide bonds. The molecule has 0 rings (SSSR count). The van der Waals surface area contributed by atoms with Crippen LogP contribution >= 0.6 is 11.8 Å². The first-order chi connectivity index (χ1) is 4.85. The monoisotopic (exact) mass is 160 g/mol. The van der Waals surface area contributed by atoms with Gasteiger partial charge >= 0.3 is 0 Å². The molecule has 0 saturated carbocycles. The summed E-state index contributed by atoms with van der Waals surface area (Å²) in [6, 6.07) is 0. The smallest absolute Gasteiger partial charge is 0.156 e. The van der Waals surface area contributed by atoms with Gasteiger partial charge in [0.2, 0.25) is 0 Å². The van der Waals surface area contributed by atoms with Gasteiger partial charge in [0.15, 0.2) is 5.17 Å².